The summed E-state index contributed by atoms with van der Waals surface area (Å²) < 4.78 is 16.6. The molecule has 0 unspecified atom stereocenters. The zero-order chi connectivity index (χ0) is 24.5. The van der Waals surface area contributed by atoms with E-state index in [2.05, 4.69) is 49.9 Å². The Balaban J connectivity index is 1.86. The Labute approximate surface area is 196 Å². The molecular formula is C21H29N9O4. The normalized spacial score (nSPS) is 11.3. The number of carbonyl (C=O) groups is 1. The van der Waals surface area contributed by atoms with Gasteiger partial charge in [-0.3, -0.25) is 9.69 Å². The fraction of sp³-hybridized carbons (Fsp3) is 0.429. The molecule has 182 valence electrons. The number of nitrogens with one attached hydrogen (secondary N) is 1. The van der Waals surface area contributed by atoms with Crippen LogP contribution in [-0.4, -0.2) is 69.6 Å². The number of nitrogens with zero attached hydrogens (tertiary/aromatic N) is 7. The molecule has 3 rings (SSSR count). The first-order valence-electron chi connectivity index (χ1n) is 10.8. The second kappa shape index (κ2) is 11.7. The SMILES string of the molecule is CCCN(CCC)Cc1c(C(=O)N/N=C/c2ccc(OC)cc2OC)nnn1-c1nonc1N. The number of methoxy groups -OCH3 is 2. The predicted molar refractivity (Wildman–Crippen MR) is 124 cm³/mol. The first-order chi connectivity index (χ1) is 16.5. The van der Waals surface area contributed by atoms with Gasteiger partial charge in [0.2, 0.25) is 11.6 Å². The summed E-state index contributed by atoms with van der Waals surface area (Å²) in [6.07, 6.45) is 3.37. The van der Waals surface area contributed by atoms with Gasteiger partial charge in [0, 0.05) is 18.2 Å². The van der Waals surface area contributed by atoms with Crippen molar-refractivity contribution in [1.29, 1.82) is 0 Å². The van der Waals surface area contributed by atoms with Crippen molar-refractivity contribution in [3.8, 4) is 17.3 Å². The smallest absolute Gasteiger partial charge is 0.293 e. The van der Waals surface area contributed by atoms with E-state index in [0.717, 1.165) is 25.9 Å². The number of nitrogens with two attached hydrogens (primary N) is 1. The van der Waals surface area contributed by atoms with Gasteiger partial charge < -0.3 is 15.2 Å². The van der Waals surface area contributed by atoms with Gasteiger partial charge in [0.25, 0.3) is 5.91 Å². The quantitative estimate of drug-likeness (QED) is 0.294. The monoisotopic (exact) mass is 471 g/mol. The van der Waals surface area contributed by atoms with Crippen molar-refractivity contribution in [2.75, 3.05) is 33.0 Å². The van der Waals surface area contributed by atoms with E-state index in [-0.39, 0.29) is 17.3 Å². The molecule has 0 fully saturated rings. The van der Waals surface area contributed by atoms with Crippen molar-refractivity contribution >= 4 is 17.9 Å². The average molecular weight is 472 g/mol. The molecule has 1 amide bonds. The van der Waals surface area contributed by atoms with Crippen LogP contribution in [0, 0.1) is 0 Å². The highest BCUT2D eigenvalue weighted by Crippen LogP contribution is 2.23. The molecule has 1 aromatic carbocycles. The molecule has 0 aliphatic carbocycles. The van der Waals surface area contributed by atoms with Gasteiger partial charge in [-0.1, -0.05) is 19.1 Å². The van der Waals surface area contributed by atoms with Gasteiger partial charge in [-0.05, 0) is 48.4 Å². The van der Waals surface area contributed by atoms with Crippen LogP contribution in [0.15, 0.2) is 27.9 Å². The number of aromatic nitrogens is 5. The molecule has 0 spiro atoms. The Kier molecular flexibility index (Phi) is 8.51. The van der Waals surface area contributed by atoms with E-state index in [0.29, 0.717) is 29.3 Å². The van der Waals surface area contributed by atoms with Crippen LogP contribution in [0.5, 0.6) is 11.5 Å². The van der Waals surface area contributed by atoms with E-state index in [1.807, 2.05) is 0 Å². The summed E-state index contributed by atoms with van der Waals surface area (Å²) in [5, 5.41) is 19.6. The topological polar surface area (TPSA) is 159 Å². The molecule has 3 aromatic rings. The average Bonchev–Trinajstić information content (AvgIpc) is 3.45. The van der Waals surface area contributed by atoms with Crippen molar-refractivity contribution in [3.05, 3.63) is 35.2 Å². The van der Waals surface area contributed by atoms with Crippen LogP contribution in [0.25, 0.3) is 5.82 Å². The van der Waals surface area contributed by atoms with E-state index in [1.54, 1.807) is 25.3 Å². The van der Waals surface area contributed by atoms with Crippen LogP contribution < -0.4 is 20.6 Å². The van der Waals surface area contributed by atoms with Crippen molar-refractivity contribution in [2.45, 2.75) is 33.2 Å². The lowest BCUT2D eigenvalue weighted by molar-refractivity contribution is 0.0947. The second-order valence-electron chi connectivity index (χ2n) is 7.35. The lowest BCUT2D eigenvalue weighted by Crippen LogP contribution is -2.28. The zero-order valence-corrected chi connectivity index (χ0v) is 19.7. The van der Waals surface area contributed by atoms with Gasteiger partial charge in [-0.25, -0.2) is 10.1 Å². The minimum Gasteiger partial charge on any atom is -0.497 e. The number of carbonyl (C=O) groups excluding carboxylic acids is 1. The first-order valence-corrected chi connectivity index (χ1v) is 10.8. The summed E-state index contributed by atoms with van der Waals surface area (Å²) in [6.45, 7) is 6.25. The third-order valence-electron chi connectivity index (χ3n) is 4.94. The third-order valence-corrected chi connectivity index (χ3v) is 4.94. The molecule has 0 radical (unpaired) electrons. The lowest BCUT2D eigenvalue weighted by atomic mass is 10.2. The number of hydrogen-bond acceptors (Lipinski definition) is 11. The number of ether oxygens (including phenoxy) is 2. The molecule has 34 heavy (non-hydrogen) atoms. The van der Waals surface area contributed by atoms with Crippen LogP contribution in [0.4, 0.5) is 5.82 Å². The molecule has 0 atom stereocenters. The van der Waals surface area contributed by atoms with Gasteiger partial charge in [0.1, 0.15) is 11.5 Å². The van der Waals surface area contributed by atoms with E-state index in [9.17, 15) is 4.79 Å². The minimum absolute atomic E-state index is 0.0419. The number of benzene rings is 1. The fourth-order valence-corrected chi connectivity index (χ4v) is 3.38. The van der Waals surface area contributed by atoms with Gasteiger partial charge in [-0.15, -0.1) is 5.10 Å². The highest BCUT2D eigenvalue weighted by Gasteiger charge is 2.25. The Morgan fingerprint density at radius 3 is 2.62 bits per heavy atom. The molecule has 2 heterocycles. The fourth-order valence-electron chi connectivity index (χ4n) is 3.38. The predicted octanol–water partition coefficient (Wildman–Crippen LogP) is 1.64. The summed E-state index contributed by atoms with van der Waals surface area (Å²) in [5.74, 6) is 0.867. The van der Waals surface area contributed by atoms with Crippen molar-refractivity contribution in [3.63, 3.8) is 0 Å². The van der Waals surface area contributed by atoms with Gasteiger partial charge in [0.05, 0.1) is 26.1 Å². The number of hydrazone groups is 1. The standard InChI is InChI=1S/C21H29N9O4/c1-5-9-29(10-6-2)13-16-18(24-28-30(16)20-19(22)26-34-27-20)21(31)25-23-12-14-7-8-15(32-3)11-17(14)33-4/h7-8,11-12H,5-6,9-10,13H2,1-4H3,(H2,22,26)(H,25,31)/b23-12+. The molecule has 0 aliphatic rings. The minimum atomic E-state index is -0.534. The molecular weight excluding hydrogens is 442 g/mol. The summed E-state index contributed by atoms with van der Waals surface area (Å²) in [5.41, 5.74) is 9.60. The number of hydrogen-bond donors (Lipinski definition) is 2. The van der Waals surface area contributed by atoms with E-state index < -0.39 is 5.91 Å². The molecule has 0 aliphatic heterocycles. The largest absolute Gasteiger partial charge is 0.497 e. The highest BCUT2D eigenvalue weighted by molar-refractivity contribution is 5.94. The Morgan fingerprint density at radius 1 is 1.24 bits per heavy atom. The summed E-state index contributed by atoms with van der Waals surface area (Å²) in [7, 11) is 3.11. The maximum absolute atomic E-state index is 13.0. The molecule has 0 saturated heterocycles. The number of nitrogen functional groups attached to an aromatic ring is 1. The molecule has 0 saturated carbocycles. The first kappa shape index (κ1) is 24.6. The maximum Gasteiger partial charge on any atom is 0.293 e. The lowest BCUT2D eigenvalue weighted by Gasteiger charge is -2.21. The molecule has 0 bridgehead atoms. The maximum atomic E-state index is 13.0. The number of rotatable bonds is 12. The van der Waals surface area contributed by atoms with E-state index >= 15 is 0 Å². The van der Waals surface area contributed by atoms with Crippen LogP contribution >= 0.6 is 0 Å². The van der Waals surface area contributed by atoms with Gasteiger partial charge in [-0.2, -0.15) is 9.78 Å². The molecule has 13 heteroatoms. The summed E-state index contributed by atoms with van der Waals surface area (Å²) >= 11 is 0. The van der Waals surface area contributed by atoms with E-state index in [4.69, 9.17) is 19.8 Å². The number of amides is 1. The summed E-state index contributed by atoms with van der Waals surface area (Å²) in [6, 6.07) is 5.25. The van der Waals surface area contributed by atoms with Gasteiger partial charge >= 0.3 is 0 Å². The van der Waals surface area contributed by atoms with Crippen LogP contribution in [0.3, 0.4) is 0 Å². The Hall–Kier alpha value is -4.00. The number of anilines is 1. The zero-order valence-electron chi connectivity index (χ0n) is 19.7. The van der Waals surface area contributed by atoms with Crippen LogP contribution in [0.2, 0.25) is 0 Å². The Bertz CT molecular complexity index is 1120. The van der Waals surface area contributed by atoms with Gasteiger partial charge in [0.15, 0.2) is 5.69 Å². The van der Waals surface area contributed by atoms with Crippen LogP contribution in [-0.2, 0) is 6.54 Å². The second-order valence-corrected chi connectivity index (χ2v) is 7.35. The molecule has 3 N–H and O–H groups in total. The molecule has 2 aromatic heterocycles. The van der Waals surface area contributed by atoms with Crippen LogP contribution in [0.1, 0.15) is 48.4 Å². The summed E-state index contributed by atoms with van der Waals surface area (Å²) in [4.78, 5) is 15.2. The molecule has 13 nitrogen and oxygen atoms in total. The highest BCUT2D eigenvalue weighted by atomic mass is 16.6. The van der Waals surface area contributed by atoms with Crippen molar-refractivity contribution < 1.29 is 18.9 Å². The van der Waals surface area contributed by atoms with Crippen molar-refractivity contribution in [1.82, 2.24) is 35.6 Å². The third kappa shape index (κ3) is 5.67. The van der Waals surface area contributed by atoms with Crippen molar-refractivity contribution in [2.24, 2.45) is 5.10 Å². The van der Waals surface area contributed by atoms with E-state index in [1.165, 1.54) is 18.0 Å². The Morgan fingerprint density at radius 2 is 2.00 bits per heavy atom.